The molecular weight excluding hydrogens is 331 g/mol. The van der Waals surface area contributed by atoms with Crippen LogP contribution in [0, 0.1) is 37.3 Å². The molecule has 0 fully saturated rings. The van der Waals surface area contributed by atoms with Gasteiger partial charge in [-0.2, -0.15) is 0 Å². The summed E-state index contributed by atoms with van der Waals surface area (Å²) in [5.41, 5.74) is 0.966. The number of Topliss-reactive ketones (excluding diaryl/α,β-unsaturated/α-hetero) is 2. The van der Waals surface area contributed by atoms with Crippen LogP contribution in [0.4, 0.5) is 0 Å². The predicted octanol–water partition coefficient (Wildman–Crippen LogP) is 1.78. The molecule has 1 aromatic rings. The first kappa shape index (κ1) is 13.8. The van der Waals surface area contributed by atoms with Crippen molar-refractivity contribution in [1.29, 1.82) is 0 Å². The van der Waals surface area contributed by atoms with Gasteiger partial charge in [0.15, 0.2) is 0 Å². The summed E-state index contributed by atoms with van der Waals surface area (Å²) in [6.07, 6.45) is 0.412. The van der Waals surface area contributed by atoms with Gasteiger partial charge in [-0.1, -0.05) is 30.3 Å². The molecule has 0 N–H and O–H groups in total. The van der Waals surface area contributed by atoms with Crippen LogP contribution in [0.5, 0.6) is 0 Å². The maximum Gasteiger partial charge on any atom is 0.144 e. The van der Waals surface area contributed by atoms with Gasteiger partial charge in [-0.15, -0.1) is 0 Å². The van der Waals surface area contributed by atoms with Gasteiger partial charge in [0, 0.05) is 43.7 Å². The van der Waals surface area contributed by atoms with E-state index in [1.54, 1.807) is 0 Å². The van der Waals surface area contributed by atoms with Gasteiger partial charge in [0.1, 0.15) is 11.6 Å². The van der Waals surface area contributed by atoms with E-state index in [0.717, 1.165) is 5.56 Å². The van der Waals surface area contributed by atoms with E-state index in [1.165, 1.54) is 6.92 Å². The molecule has 0 aromatic heterocycles. The first-order valence-corrected chi connectivity index (χ1v) is 4.23. The average Bonchev–Trinajstić information content (AvgIpc) is 2.04. The molecule has 0 heterocycles. The Morgan fingerprint density at radius 2 is 1.71 bits per heavy atom. The Balaban J connectivity index is 0.00000169. The van der Waals surface area contributed by atoms with Crippen LogP contribution >= 0.6 is 0 Å². The number of rotatable bonds is 4. The number of benzene rings is 1. The maximum absolute atomic E-state index is 11.2. The summed E-state index contributed by atoms with van der Waals surface area (Å²) in [4.78, 5) is 21.8. The van der Waals surface area contributed by atoms with Gasteiger partial charge in [-0.3, -0.25) is 9.59 Å². The largest absolute Gasteiger partial charge is 0.300 e. The third kappa shape index (κ3) is 5.52. The second kappa shape index (κ2) is 7.15. The van der Waals surface area contributed by atoms with Gasteiger partial charge in [0.2, 0.25) is 0 Å². The summed E-state index contributed by atoms with van der Waals surface area (Å²) in [6.45, 7) is 1.43. The van der Waals surface area contributed by atoms with E-state index in [0.29, 0.717) is 6.42 Å². The molecule has 0 radical (unpaired) electrons. The van der Waals surface area contributed by atoms with Gasteiger partial charge in [0.05, 0.1) is 6.42 Å². The Bertz CT molecular complexity index is 306. The minimum atomic E-state index is -0.0686. The molecule has 2 nitrogen and oxygen atoms in total. The van der Waals surface area contributed by atoms with Gasteiger partial charge >= 0.3 is 0 Å². The molecule has 3 heteroatoms. The number of hydrogen-bond acceptors (Lipinski definition) is 2. The third-order valence-electron chi connectivity index (χ3n) is 1.69. The Kier molecular flexibility index (Phi) is 7.05. The molecule has 0 aliphatic carbocycles. The Labute approximate surface area is 113 Å². The Morgan fingerprint density at radius 3 is 2.21 bits per heavy atom. The van der Waals surface area contributed by atoms with Crippen molar-refractivity contribution in [2.45, 2.75) is 19.8 Å². The number of carbonyl (C=O) groups excluding carboxylic acids is 2. The molecule has 0 saturated carbocycles. The van der Waals surface area contributed by atoms with E-state index in [9.17, 15) is 9.59 Å². The fraction of sp³-hybridized carbons (Fsp3) is 0.273. The van der Waals surface area contributed by atoms with Crippen molar-refractivity contribution >= 4 is 11.6 Å². The molecule has 0 atom stereocenters. The minimum absolute atomic E-state index is 0. The van der Waals surface area contributed by atoms with Crippen LogP contribution in [0.2, 0.25) is 0 Å². The van der Waals surface area contributed by atoms with Gasteiger partial charge in [-0.05, 0) is 12.5 Å². The molecule has 0 bridgehead atoms. The van der Waals surface area contributed by atoms with Crippen molar-refractivity contribution in [2.24, 2.45) is 0 Å². The Morgan fingerprint density at radius 1 is 1.14 bits per heavy atom. The summed E-state index contributed by atoms with van der Waals surface area (Å²) in [5.74, 6) is -0.0837. The van der Waals surface area contributed by atoms with E-state index in [4.69, 9.17) is 0 Å². The minimum Gasteiger partial charge on any atom is -0.300 e. The van der Waals surface area contributed by atoms with E-state index in [2.05, 4.69) is 0 Å². The number of carbonyl (C=O) groups is 2. The molecule has 1 rings (SSSR count). The van der Waals surface area contributed by atoms with Crippen LogP contribution in [0.25, 0.3) is 0 Å². The van der Waals surface area contributed by atoms with E-state index in [-0.39, 0.29) is 55.3 Å². The third-order valence-corrected chi connectivity index (χ3v) is 1.69. The molecule has 0 unspecified atom stereocenters. The van der Waals surface area contributed by atoms with Crippen molar-refractivity contribution in [1.82, 2.24) is 0 Å². The quantitative estimate of drug-likeness (QED) is 0.781. The van der Waals surface area contributed by atoms with Gasteiger partial charge < -0.3 is 0 Å². The van der Waals surface area contributed by atoms with Crippen LogP contribution in [-0.2, 0) is 16.0 Å². The van der Waals surface area contributed by atoms with E-state index >= 15 is 0 Å². The molecule has 14 heavy (non-hydrogen) atoms. The van der Waals surface area contributed by atoms with Crippen LogP contribution in [0.1, 0.15) is 18.9 Å². The van der Waals surface area contributed by atoms with Crippen LogP contribution in [0.15, 0.2) is 30.3 Å². The fourth-order valence-corrected chi connectivity index (χ4v) is 1.16. The normalized spacial score (nSPS) is 8.93. The van der Waals surface area contributed by atoms with E-state index < -0.39 is 0 Å². The van der Waals surface area contributed by atoms with Crippen LogP contribution < -0.4 is 0 Å². The van der Waals surface area contributed by atoms with Crippen molar-refractivity contribution in [3.63, 3.8) is 0 Å². The summed E-state index contributed by atoms with van der Waals surface area (Å²) >= 11 is 0. The molecule has 0 spiro atoms. The summed E-state index contributed by atoms with van der Waals surface area (Å²) in [7, 11) is 0. The summed E-state index contributed by atoms with van der Waals surface area (Å²) in [5, 5.41) is 0. The van der Waals surface area contributed by atoms with Crippen molar-refractivity contribution in [3.05, 3.63) is 35.9 Å². The molecule has 0 aliphatic heterocycles. The standard InChI is InChI=1S/C11H12O2.Er/c1-9(12)7-11(13)8-10-5-3-2-4-6-10;/h2-6H,7-8H2,1H3;. The SMILES string of the molecule is CC(=O)CC(=O)Cc1ccccc1.[Er]. The van der Waals surface area contributed by atoms with E-state index in [1.807, 2.05) is 30.3 Å². The van der Waals surface area contributed by atoms with Gasteiger partial charge in [0.25, 0.3) is 0 Å². The topological polar surface area (TPSA) is 34.1 Å². The van der Waals surface area contributed by atoms with Gasteiger partial charge in [-0.25, -0.2) is 0 Å². The second-order valence-corrected chi connectivity index (χ2v) is 3.08. The molecule has 80 valence electrons. The average molecular weight is 343 g/mol. The zero-order chi connectivity index (χ0) is 9.68. The molecular formula is C11H12ErO2. The van der Waals surface area contributed by atoms with Crippen LogP contribution in [0.3, 0.4) is 0 Å². The summed E-state index contributed by atoms with van der Waals surface area (Å²) in [6, 6.07) is 9.45. The number of ketones is 2. The fourth-order valence-electron chi connectivity index (χ4n) is 1.16. The van der Waals surface area contributed by atoms with Crippen molar-refractivity contribution in [2.75, 3.05) is 0 Å². The summed E-state index contributed by atoms with van der Waals surface area (Å²) < 4.78 is 0. The molecule has 0 amide bonds. The van der Waals surface area contributed by atoms with Crippen LogP contribution in [-0.4, -0.2) is 11.6 Å². The maximum atomic E-state index is 11.2. The first-order chi connectivity index (χ1) is 6.18. The van der Waals surface area contributed by atoms with Crippen molar-refractivity contribution in [3.8, 4) is 0 Å². The number of hydrogen-bond donors (Lipinski definition) is 0. The molecule has 1 aromatic carbocycles. The smallest absolute Gasteiger partial charge is 0.144 e. The first-order valence-electron chi connectivity index (χ1n) is 4.23. The monoisotopic (exact) mass is 342 g/mol. The van der Waals surface area contributed by atoms with Crippen molar-refractivity contribution < 1.29 is 46.9 Å². The molecule has 0 aliphatic rings. The zero-order valence-electron chi connectivity index (χ0n) is 7.91. The second-order valence-electron chi connectivity index (χ2n) is 3.08. The predicted molar refractivity (Wildman–Crippen MR) is 50.5 cm³/mol. The Hall–Kier alpha value is -0.193. The molecule has 0 saturated heterocycles. The zero-order valence-corrected chi connectivity index (χ0v) is 9.76.